The molecule has 1 saturated carbocycles. The third-order valence-corrected chi connectivity index (χ3v) is 5.38. The van der Waals surface area contributed by atoms with E-state index >= 15 is 0 Å². The van der Waals surface area contributed by atoms with E-state index in [9.17, 15) is 9.59 Å². The summed E-state index contributed by atoms with van der Waals surface area (Å²) < 4.78 is 6.03. The maximum Gasteiger partial charge on any atom is 0.239 e. The predicted molar refractivity (Wildman–Crippen MR) is 86.9 cm³/mol. The molecule has 3 rings (SSSR count). The number of morpholine rings is 1. The van der Waals surface area contributed by atoms with E-state index in [1.807, 2.05) is 25.8 Å². The molecule has 0 bridgehead atoms. The van der Waals surface area contributed by atoms with Gasteiger partial charge in [-0.3, -0.25) is 14.5 Å². The van der Waals surface area contributed by atoms with Crippen molar-refractivity contribution in [1.82, 2.24) is 15.1 Å². The van der Waals surface area contributed by atoms with E-state index in [1.54, 1.807) is 0 Å². The number of hydrogen-bond donors (Lipinski definition) is 1. The number of amides is 2. The van der Waals surface area contributed by atoms with E-state index in [-0.39, 0.29) is 29.4 Å². The van der Waals surface area contributed by atoms with Crippen LogP contribution >= 0.6 is 0 Å². The molecule has 2 amide bonds. The Balaban J connectivity index is 1.50. The Labute approximate surface area is 138 Å². The van der Waals surface area contributed by atoms with Gasteiger partial charge in [0, 0.05) is 18.5 Å². The first-order valence-electron chi connectivity index (χ1n) is 8.83. The first-order chi connectivity index (χ1) is 10.9. The second-order valence-electron chi connectivity index (χ2n) is 7.76. The topological polar surface area (TPSA) is 61.9 Å². The van der Waals surface area contributed by atoms with Gasteiger partial charge in [0.05, 0.1) is 19.7 Å². The van der Waals surface area contributed by atoms with Crippen LogP contribution in [0.5, 0.6) is 0 Å². The van der Waals surface area contributed by atoms with Crippen LogP contribution in [0.15, 0.2) is 0 Å². The highest BCUT2D eigenvalue weighted by Gasteiger charge is 2.51. The Morgan fingerprint density at radius 3 is 2.39 bits per heavy atom. The molecule has 6 heteroatoms. The van der Waals surface area contributed by atoms with Crippen LogP contribution in [-0.4, -0.2) is 72.6 Å². The van der Waals surface area contributed by atoms with Crippen LogP contribution in [0.4, 0.5) is 0 Å². The maximum absolute atomic E-state index is 12.4. The molecule has 130 valence electrons. The van der Waals surface area contributed by atoms with Gasteiger partial charge in [-0.05, 0) is 19.9 Å². The van der Waals surface area contributed by atoms with Crippen molar-refractivity contribution in [2.24, 2.45) is 5.92 Å². The molecule has 0 aromatic rings. The number of nitrogens with zero attached hydrogens (tertiary/aromatic N) is 2. The third-order valence-electron chi connectivity index (χ3n) is 5.38. The van der Waals surface area contributed by atoms with Gasteiger partial charge >= 0.3 is 0 Å². The van der Waals surface area contributed by atoms with Gasteiger partial charge in [-0.2, -0.15) is 0 Å². The summed E-state index contributed by atoms with van der Waals surface area (Å²) in [6.45, 7) is 6.25. The number of likely N-dealkylation sites (tertiary alicyclic amines) is 1. The van der Waals surface area contributed by atoms with Crippen molar-refractivity contribution in [3.05, 3.63) is 0 Å². The number of carbonyl (C=O) groups is 2. The van der Waals surface area contributed by atoms with Gasteiger partial charge in [0.25, 0.3) is 0 Å². The molecule has 1 aliphatic carbocycles. The minimum absolute atomic E-state index is 0.0265. The molecule has 0 aromatic carbocycles. The summed E-state index contributed by atoms with van der Waals surface area (Å²) in [5, 5.41) is 3.16. The molecule has 1 N–H and O–H groups in total. The zero-order valence-electron chi connectivity index (χ0n) is 14.5. The summed E-state index contributed by atoms with van der Waals surface area (Å²) in [6.07, 6.45) is 4.62. The highest BCUT2D eigenvalue weighted by Crippen LogP contribution is 2.31. The van der Waals surface area contributed by atoms with Crippen molar-refractivity contribution >= 4 is 11.8 Å². The lowest BCUT2D eigenvalue weighted by Gasteiger charge is -2.55. The van der Waals surface area contributed by atoms with E-state index in [0.29, 0.717) is 32.3 Å². The lowest BCUT2D eigenvalue weighted by atomic mass is 9.89. The number of rotatable bonds is 3. The molecule has 1 unspecified atom stereocenters. The van der Waals surface area contributed by atoms with Crippen molar-refractivity contribution in [2.45, 2.75) is 57.2 Å². The second-order valence-corrected chi connectivity index (χ2v) is 7.76. The lowest BCUT2D eigenvalue weighted by Crippen LogP contribution is -2.73. The Hall–Kier alpha value is -1.14. The minimum atomic E-state index is -0.274. The Morgan fingerprint density at radius 2 is 1.83 bits per heavy atom. The molecule has 3 fully saturated rings. The highest BCUT2D eigenvalue weighted by molar-refractivity contribution is 5.82. The second kappa shape index (κ2) is 6.40. The van der Waals surface area contributed by atoms with Gasteiger partial charge in [-0.25, -0.2) is 0 Å². The van der Waals surface area contributed by atoms with Gasteiger partial charge in [0.2, 0.25) is 11.8 Å². The minimum Gasteiger partial charge on any atom is -0.368 e. The third kappa shape index (κ3) is 3.38. The molecular weight excluding hydrogens is 294 g/mol. The number of ether oxygens (including phenoxy) is 1. The predicted octanol–water partition coefficient (Wildman–Crippen LogP) is 0.613. The number of nitrogens with one attached hydrogen (secondary N) is 1. The fourth-order valence-electron chi connectivity index (χ4n) is 4.00. The van der Waals surface area contributed by atoms with Crippen LogP contribution in [0.1, 0.15) is 39.5 Å². The van der Waals surface area contributed by atoms with Crippen molar-refractivity contribution in [1.29, 1.82) is 0 Å². The number of carbonyl (C=O) groups excluding carboxylic acids is 2. The van der Waals surface area contributed by atoms with E-state index in [2.05, 4.69) is 10.2 Å². The molecule has 23 heavy (non-hydrogen) atoms. The van der Waals surface area contributed by atoms with Gasteiger partial charge in [0.15, 0.2) is 0 Å². The summed E-state index contributed by atoms with van der Waals surface area (Å²) in [4.78, 5) is 28.4. The monoisotopic (exact) mass is 323 g/mol. The molecule has 1 atom stereocenters. The molecule has 2 saturated heterocycles. The average molecular weight is 323 g/mol. The average Bonchev–Trinajstić information content (AvgIpc) is 2.96. The summed E-state index contributed by atoms with van der Waals surface area (Å²) in [6, 6.07) is 0.130. The zero-order valence-corrected chi connectivity index (χ0v) is 14.5. The highest BCUT2D eigenvalue weighted by atomic mass is 16.5. The summed E-state index contributed by atoms with van der Waals surface area (Å²) in [7, 11) is 1.98. The largest absolute Gasteiger partial charge is 0.368 e. The summed E-state index contributed by atoms with van der Waals surface area (Å²) in [5.41, 5.74) is -0.274. The van der Waals surface area contributed by atoms with Gasteiger partial charge in [-0.1, -0.05) is 26.7 Å². The molecule has 1 spiro atoms. The standard InChI is InChI=1S/C17H29N3O3/c1-12(2)16(22)20-10-17(11-20)9-19(3)14(8-23-17)15(21)18-13-6-4-5-7-13/h12-14H,4-11H2,1-3H3,(H,18,21). The molecule has 6 nitrogen and oxygen atoms in total. The molecule has 3 aliphatic rings. The Morgan fingerprint density at radius 1 is 1.17 bits per heavy atom. The number of likely N-dealkylation sites (N-methyl/N-ethyl adjacent to an activating group) is 1. The summed E-state index contributed by atoms with van der Waals surface area (Å²) in [5.74, 6) is 0.297. The first kappa shape index (κ1) is 16.7. The smallest absolute Gasteiger partial charge is 0.239 e. The molecular formula is C17H29N3O3. The Kier molecular flexibility index (Phi) is 4.65. The fraction of sp³-hybridized carbons (Fsp3) is 0.882. The van der Waals surface area contributed by atoms with E-state index in [0.717, 1.165) is 12.8 Å². The van der Waals surface area contributed by atoms with E-state index in [1.165, 1.54) is 12.8 Å². The normalized spacial score (nSPS) is 28.2. The van der Waals surface area contributed by atoms with E-state index < -0.39 is 0 Å². The van der Waals surface area contributed by atoms with E-state index in [4.69, 9.17) is 4.74 Å². The lowest BCUT2D eigenvalue weighted by molar-refractivity contribution is -0.202. The maximum atomic E-state index is 12.4. The van der Waals surface area contributed by atoms with Gasteiger partial charge < -0.3 is 15.0 Å². The number of hydrogen-bond acceptors (Lipinski definition) is 4. The van der Waals surface area contributed by atoms with Crippen LogP contribution in [0, 0.1) is 5.92 Å². The van der Waals surface area contributed by atoms with Gasteiger partial charge in [-0.15, -0.1) is 0 Å². The quantitative estimate of drug-likeness (QED) is 0.827. The first-order valence-corrected chi connectivity index (χ1v) is 8.83. The van der Waals surface area contributed by atoms with Crippen LogP contribution in [0.3, 0.4) is 0 Å². The van der Waals surface area contributed by atoms with Crippen molar-refractivity contribution < 1.29 is 14.3 Å². The van der Waals surface area contributed by atoms with Crippen molar-refractivity contribution in [2.75, 3.05) is 33.3 Å². The van der Waals surface area contributed by atoms with Crippen LogP contribution in [0.2, 0.25) is 0 Å². The Bertz CT molecular complexity index is 468. The molecule has 0 radical (unpaired) electrons. The van der Waals surface area contributed by atoms with Crippen LogP contribution in [-0.2, 0) is 14.3 Å². The fourth-order valence-corrected chi connectivity index (χ4v) is 4.00. The molecule has 0 aromatic heterocycles. The summed E-state index contributed by atoms with van der Waals surface area (Å²) >= 11 is 0. The van der Waals surface area contributed by atoms with Gasteiger partial charge in [0.1, 0.15) is 11.6 Å². The zero-order chi connectivity index (χ0) is 16.6. The molecule has 2 heterocycles. The molecule has 2 aliphatic heterocycles. The van der Waals surface area contributed by atoms with Crippen molar-refractivity contribution in [3.63, 3.8) is 0 Å². The van der Waals surface area contributed by atoms with Crippen LogP contribution in [0.25, 0.3) is 0 Å². The van der Waals surface area contributed by atoms with Crippen molar-refractivity contribution in [3.8, 4) is 0 Å². The van der Waals surface area contributed by atoms with Crippen LogP contribution < -0.4 is 5.32 Å². The SMILES string of the molecule is CC(C)C(=O)N1CC2(C1)CN(C)C(C(=O)NC1CCCC1)CO2.